The van der Waals surface area contributed by atoms with Gasteiger partial charge < -0.3 is 20.3 Å². The molecule has 7 heteroatoms. The highest BCUT2D eigenvalue weighted by atomic mass is 79.9. The van der Waals surface area contributed by atoms with Crippen LogP contribution in [-0.4, -0.2) is 38.1 Å². The zero-order valence-corrected chi connectivity index (χ0v) is 16.2. The van der Waals surface area contributed by atoms with Gasteiger partial charge in [-0.3, -0.25) is 9.59 Å². The maximum absolute atomic E-state index is 12.6. The Kier molecular flexibility index (Phi) is 5.46. The molecule has 6 nitrogen and oxygen atoms in total. The first-order valence-electron chi connectivity index (χ1n) is 8.26. The summed E-state index contributed by atoms with van der Waals surface area (Å²) >= 11 is 3.41. The first-order valence-corrected chi connectivity index (χ1v) is 9.05. The summed E-state index contributed by atoms with van der Waals surface area (Å²) in [7, 11) is 1.57. The molecule has 0 radical (unpaired) electrons. The van der Waals surface area contributed by atoms with Gasteiger partial charge in [-0.2, -0.15) is 0 Å². The molecule has 26 heavy (non-hydrogen) atoms. The molecule has 0 saturated carbocycles. The van der Waals surface area contributed by atoms with Crippen LogP contribution in [0.4, 0.5) is 11.4 Å². The lowest BCUT2D eigenvalue weighted by atomic mass is 10.1. The number of amides is 2. The summed E-state index contributed by atoms with van der Waals surface area (Å²) in [6.45, 7) is 2.37. The molecule has 1 aliphatic heterocycles. The Morgan fingerprint density at radius 1 is 1.27 bits per heavy atom. The minimum Gasteiger partial charge on any atom is -0.477 e. The van der Waals surface area contributed by atoms with Crippen LogP contribution in [0.2, 0.25) is 0 Å². The highest BCUT2D eigenvalue weighted by molar-refractivity contribution is 9.10. The van der Waals surface area contributed by atoms with Crippen molar-refractivity contribution in [2.45, 2.75) is 13.0 Å². The minimum absolute atomic E-state index is 0.128. The van der Waals surface area contributed by atoms with Crippen molar-refractivity contribution in [2.24, 2.45) is 0 Å². The number of hydrogen-bond donors (Lipinski definition) is 2. The number of anilines is 2. The van der Waals surface area contributed by atoms with Crippen LogP contribution in [0.15, 0.2) is 46.9 Å². The minimum atomic E-state index is -0.655. The first kappa shape index (κ1) is 18.3. The van der Waals surface area contributed by atoms with E-state index in [-0.39, 0.29) is 18.4 Å². The van der Waals surface area contributed by atoms with Crippen molar-refractivity contribution in [3.63, 3.8) is 0 Å². The van der Waals surface area contributed by atoms with E-state index in [1.165, 1.54) is 0 Å². The molecule has 0 aromatic heterocycles. The number of nitrogens with zero attached hydrogens (tertiary/aromatic N) is 1. The zero-order valence-electron chi connectivity index (χ0n) is 14.6. The van der Waals surface area contributed by atoms with E-state index < -0.39 is 6.10 Å². The number of ether oxygens (including phenoxy) is 1. The van der Waals surface area contributed by atoms with Gasteiger partial charge in [0.25, 0.3) is 5.91 Å². The third kappa shape index (κ3) is 3.99. The maximum Gasteiger partial charge on any atom is 0.262 e. The fraction of sp³-hybridized carbons (Fsp3) is 0.263. The summed E-state index contributed by atoms with van der Waals surface area (Å²) in [6, 6.07) is 13.1. The summed E-state index contributed by atoms with van der Waals surface area (Å²) in [5.41, 5.74) is 2.54. The molecule has 0 aliphatic carbocycles. The molecule has 1 aliphatic rings. The molecule has 3 rings (SSSR count). The number of halogens is 1. The standard InChI is InChI=1S/C19H20BrN3O3/c1-12-9-13(20)7-8-14(12)22-18(24)11-23-10-17(19(25)21-2)26-16-6-4-3-5-15(16)23/h3-9,17H,10-11H2,1-2H3,(H,21,25)(H,22,24)/t17-/m1/s1. The molecule has 2 amide bonds. The average molecular weight is 418 g/mol. The SMILES string of the molecule is CNC(=O)[C@H]1CN(CC(=O)Nc2ccc(Br)cc2C)c2ccccc2O1. The normalized spacial score (nSPS) is 15.7. The molecule has 1 atom stereocenters. The lowest BCUT2D eigenvalue weighted by Gasteiger charge is -2.35. The Labute approximate surface area is 160 Å². The first-order chi connectivity index (χ1) is 12.5. The Balaban J connectivity index is 1.76. The van der Waals surface area contributed by atoms with Gasteiger partial charge in [-0.05, 0) is 42.8 Å². The van der Waals surface area contributed by atoms with Crippen LogP contribution in [0.3, 0.4) is 0 Å². The number of benzene rings is 2. The van der Waals surface area contributed by atoms with E-state index in [2.05, 4.69) is 26.6 Å². The van der Waals surface area contributed by atoms with Crippen molar-refractivity contribution in [1.29, 1.82) is 0 Å². The summed E-state index contributed by atoms with van der Waals surface area (Å²) in [5.74, 6) is 0.233. The van der Waals surface area contributed by atoms with Crippen LogP contribution < -0.4 is 20.3 Å². The number of carbonyl (C=O) groups is 2. The predicted molar refractivity (Wildman–Crippen MR) is 105 cm³/mol. The Morgan fingerprint density at radius 3 is 2.77 bits per heavy atom. The van der Waals surface area contributed by atoms with Crippen LogP contribution in [0.1, 0.15) is 5.56 Å². The smallest absolute Gasteiger partial charge is 0.262 e. The molecule has 2 N–H and O–H groups in total. The number of fused-ring (bicyclic) bond motifs is 1. The third-order valence-corrected chi connectivity index (χ3v) is 4.69. The number of carbonyl (C=O) groups excluding carboxylic acids is 2. The van der Waals surface area contributed by atoms with E-state index in [1.54, 1.807) is 13.1 Å². The van der Waals surface area contributed by atoms with Gasteiger partial charge in [-0.15, -0.1) is 0 Å². The molecule has 0 bridgehead atoms. The molecule has 136 valence electrons. The molecule has 0 unspecified atom stereocenters. The second-order valence-electron chi connectivity index (χ2n) is 6.08. The summed E-state index contributed by atoms with van der Waals surface area (Å²) in [6.07, 6.45) is -0.655. The quantitative estimate of drug-likeness (QED) is 0.801. The Morgan fingerprint density at radius 2 is 2.04 bits per heavy atom. The van der Waals surface area contributed by atoms with Crippen LogP contribution >= 0.6 is 15.9 Å². The average Bonchev–Trinajstić information content (AvgIpc) is 2.63. The van der Waals surface area contributed by atoms with Crippen LogP contribution in [0.5, 0.6) is 5.75 Å². The van der Waals surface area contributed by atoms with E-state index in [1.807, 2.05) is 48.2 Å². The van der Waals surface area contributed by atoms with Crippen molar-refractivity contribution in [3.8, 4) is 5.75 Å². The molecule has 0 spiro atoms. The van der Waals surface area contributed by atoms with Crippen molar-refractivity contribution in [2.75, 3.05) is 30.4 Å². The molecule has 1 heterocycles. The summed E-state index contributed by atoms with van der Waals surface area (Å²) in [5, 5.41) is 5.53. The van der Waals surface area contributed by atoms with E-state index in [0.717, 1.165) is 21.4 Å². The number of rotatable bonds is 4. The largest absolute Gasteiger partial charge is 0.477 e. The zero-order chi connectivity index (χ0) is 18.7. The van der Waals surface area contributed by atoms with Crippen LogP contribution in [-0.2, 0) is 9.59 Å². The van der Waals surface area contributed by atoms with Crippen molar-refractivity contribution >= 4 is 39.1 Å². The van der Waals surface area contributed by atoms with Gasteiger partial charge >= 0.3 is 0 Å². The summed E-state index contributed by atoms with van der Waals surface area (Å²) < 4.78 is 6.72. The molecule has 0 saturated heterocycles. The number of para-hydroxylation sites is 2. The van der Waals surface area contributed by atoms with E-state index in [0.29, 0.717) is 12.3 Å². The number of likely N-dealkylation sites (N-methyl/N-ethyl adjacent to an activating group) is 1. The van der Waals surface area contributed by atoms with Crippen molar-refractivity contribution in [3.05, 3.63) is 52.5 Å². The van der Waals surface area contributed by atoms with Gasteiger partial charge in [0.1, 0.15) is 5.75 Å². The molecule has 2 aromatic carbocycles. The Bertz CT molecular complexity index is 841. The van der Waals surface area contributed by atoms with E-state index in [9.17, 15) is 9.59 Å². The fourth-order valence-electron chi connectivity index (χ4n) is 2.88. The summed E-state index contributed by atoms with van der Waals surface area (Å²) in [4.78, 5) is 26.4. The second kappa shape index (κ2) is 7.78. The number of hydrogen-bond acceptors (Lipinski definition) is 4. The second-order valence-corrected chi connectivity index (χ2v) is 6.99. The van der Waals surface area contributed by atoms with Gasteiger partial charge in [-0.1, -0.05) is 28.1 Å². The van der Waals surface area contributed by atoms with Gasteiger partial charge in [0.15, 0.2) is 6.10 Å². The van der Waals surface area contributed by atoms with Crippen molar-refractivity contribution < 1.29 is 14.3 Å². The monoisotopic (exact) mass is 417 g/mol. The van der Waals surface area contributed by atoms with Gasteiger partial charge in [-0.25, -0.2) is 0 Å². The highest BCUT2D eigenvalue weighted by Gasteiger charge is 2.31. The predicted octanol–water partition coefficient (Wildman–Crippen LogP) is 2.71. The van der Waals surface area contributed by atoms with E-state index in [4.69, 9.17) is 4.74 Å². The molecule has 2 aromatic rings. The van der Waals surface area contributed by atoms with Gasteiger partial charge in [0.2, 0.25) is 5.91 Å². The Hall–Kier alpha value is -2.54. The van der Waals surface area contributed by atoms with Crippen LogP contribution in [0.25, 0.3) is 0 Å². The van der Waals surface area contributed by atoms with E-state index >= 15 is 0 Å². The van der Waals surface area contributed by atoms with Gasteiger partial charge in [0.05, 0.1) is 18.8 Å². The molecule has 0 fully saturated rings. The number of aryl methyl sites for hydroxylation is 1. The molecular formula is C19H20BrN3O3. The highest BCUT2D eigenvalue weighted by Crippen LogP contribution is 2.33. The maximum atomic E-state index is 12.6. The lowest BCUT2D eigenvalue weighted by Crippen LogP contribution is -2.50. The number of nitrogens with one attached hydrogen (secondary N) is 2. The molecular weight excluding hydrogens is 398 g/mol. The van der Waals surface area contributed by atoms with Crippen LogP contribution in [0, 0.1) is 6.92 Å². The lowest BCUT2D eigenvalue weighted by molar-refractivity contribution is -0.127. The fourth-order valence-corrected chi connectivity index (χ4v) is 3.36. The topological polar surface area (TPSA) is 70.7 Å². The van der Waals surface area contributed by atoms with Crippen molar-refractivity contribution in [1.82, 2.24) is 5.32 Å². The third-order valence-electron chi connectivity index (χ3n) is 4.20. The van der Waals surface area contributed by atoms with Gasteiger partial charge in [0, 0.05) is 17.2 Å².